The second kappa shape index (κ2) is 8.98. The highest BCUT2D eigenvalue weighted by Crippen LogP contribution is 2.50. The van der Waals surface area contributed by atoms with Gasteiger partial charge in [-0.2, -0.15) is 0 Å². The summed E-state index contributed by atoms with van der Waals surface area (Å²) < 4.78 is 15.3. The number of aromatic nitrogens is 1. The molecule has 1 saturated carbocycles. The average molecular weight is 472 g/mol. The third-order valence-electron chi connectivity index (χ3n) is 8.67. The Morgan fingerprint density at radius 3 is 2.57 bits per heavy atom. The van der Waals surface area contributed by atoms with E-state index in [-0.39, 0.29) is 11.2 Å². The molecule has 6 rings (SSSR count). The third-order valence-corrected chi connectivity index (χ3v) is 8.67. The lowest BCUT2D eigenvalue weighted by Gasteiger charge is -2.31. The fourth-order valence-corrected chi connectivity index (χ4v) is 6.48. The summed E-state index contributed by atoms with van der Waals surface area (Å²) in [7, 11) is 0. The SMILES string of the molecule is CCN1CCC(c2ccc(N3C=C(F)C(c4ccc5c(c4)C4(CCCC4)C(C)=N5)=NC3)nc2)CC1. The zero-order chi connectivity index (χ0) is 24.0. The Hall–Kier alpha value is -2.86. The summed E-state index contributed by atoms with van der Waals surface area (Å²) in [5, 5.41) is 0. The maximum Gasteiger partial charge on any atom is 0.165 e. The number of hydrogen-bond acceptors (Lipinski definition) is 5. The van der Waals surface area contributed by atoms with E-state index in [4.69, 9.17) is 4.99 Å². The molecule has 0 unspecified atom stereocenters. The number of anilines is 1. The van der Waals surface area contributed by atoms with E-state index in [1.165, 1.54) is 42.5 Å². The lowest BCUT2D eigenvalue weighted by atomic mass is 9.76. The van der Waals surface area contributed by atoms with Crippen molar-refractivity contribution in [3.05, 3.63) is 65.2 Å². The lowest BCUT2D eigenvalue weighted by Crippen LogP contribution is -2.32. The van der Waals surface area contributed by atoms with Gasteiger partial charge in [0, 0.05) is 29.1 Å². The first kappa shape index (κ1) is 22.6. The molecule has 3 aliphatic heterocycles. The molecule has 1 aliphatic carbocycles. The average Bonchev–Trinajstić information content (AvgIpc) is 3.50. The van der Waals surface area contributed by atoms with Gasteiger partial charge in [-0.3, -0.25) is 9.98 Å². The first-order valence-electron chi connectivity index (χ1n) is 13.2. The summed E-state index contributed by atoms with van der Waals surface area (Å²) in [4.78, 5) is 18.4. The van der Waals surface area contributed by atoms with Crippen molar-refractivity contribution in [3.8, 4) is 0 Å². The molecule has 1 aromatic carbocycles. The van der Waals surface area contributed by atoms with Crippen LogP contribution in [0.5, 0.6) is 0 Å². The van der Waals surface area contributed by atoms with Crippen LogP contribution in [0.2, 0.25) is 0 Å². The van der Waals surface area contributed by atoms with Gasteiger partial charge in [0.05, 0.1) is 5.69 Å². The Morgan fingerprint density at radius 2 is 1.89 bits per heavy atom. The molecular weight excluding hydrogens is 437 g/mol. The zero-order valence-corrected chi connectivity index (χ0v) is 20.8. The second-order valence-corrected chi connectivity index (χ2v) is 10.5. The molecule has 0 amide bonds. The topological polar surface area (TPSA) is 44.1 Å². The molecule has 2 fully saturated rings. The summed E-state index contributed by atoms with van der Waals surface area (Å²) in [6, 6.07) is 10.3. The van der Waals surface area contributed by atoms with Gasteiger partial charge < -0.3 is 9.80 Å². The Balaban J connectivity index is 1.18. The highest BCUT2D eigenvalue weighted by atomic mass is 19.1. The number of pyridine rings is 1. The molecule has 5 nitrogen and oxygen atoms in total. The normalized spacial score (nSPS) is 22.3. The maximum atomic E-state index is 15.3. The summed E-state index contributed by atoms with van der Waals surface area (Å²) in [5.74, 6) is 0.985. The fraction of sp³-hybridized carbons (Fsp3) is 0.483. The van der Waals surface area contributed by atoms with Crippen molar-refractivity contribution < 1.29 is 4.39 Å². The molecule has 182 valence electrons. The molecule has 1 saturated heterocycles. The monoisotopic (exact) mass is 471 g/mol. The van der Waals surface area contributed by atoms with E-state index in [0.717, 1.165) is 49.5 Å². The standard InChI is InChI=1S/C29H34FN5/c1-3-34-14-10-21(11-15-34)23-7-9-27(31-17-23)35-18-25(30)28(32-19-35)22-6-8-26-24(16-22)29(20(2)33-26)12-4-5-13-29/h6-9,16-18,21H,3-5,10-15,19H2,1-2H3. The van der Waals surface area contributed by atoms with Crippen molar-refractivity contribution in [1.29, 1.82) is 0 Å². The number of halogens is 1. The van der Waals surface area contributed by atoms with Crippen LogP contribution < -0.4 is 4.90 Å². The Kier molecular flexibility index (Phi) is 5.79. The van der Waals surface area contributed by atoms with Gasteiger partial charge in [-0.1, -0.05) is 31.9 Å². The minimum absolute atomic E-state index is 0.0472. The van der Waals surface area contributed by atoms with E-state index in [0.29, 0.717) is 18.3 Å². The highest BCUT2D eigenvalue weighted by molar-refractivity contribution is 6.13. The van der Waals surface area contributed by atoms with Crippen molar-refractivity contribution in [2.24, 2.45) is 9.98 Å². The van der Waals surface area contributed by atoms with Crippen LogP contribution in [0, 0.1) is 0 Å². The molecule has 4 aliphatic rings. The van der Waals surface area contributed by atoms with Crippen molar-refractivity contribution >= 4 is 22.9 Å². The van der Waals surface area contributed by atoms with Gasteiger partial charge in [0.2, 0.25) is 0 Å². The summed E-state index contributed by atoms with van der Waals surface area (Å²) in [5.41, 5.74) is 6.11. The van der Waals surface area contributed by atoms with Crippen molar-refractivity contribution in [3.63, 3.8) is 0 Å². The molecule has 2 aromatic rings. The van der Waals surface area contributed by atoms with Crippen molar-refractivity contribution in [2.45, 2.75) is 63.7 Å². The van der Waals surface area contributed by atoms with E-state index >= 15 is 4.39 Å². The van der Waals surface area contributed by atoms with Gasteiger partial charge in [-0.15, -0.1) is 0 Å². The molecular formula is C29H34FN5. The van der Waals surface area contributed by atoms with Crippen LogP contribution in [-0.2, 0) is 5.41 Å². The molecule has 0 radical (unpaired) electrons. The van der Waals surface area contributed by atoms with E-state index in [2.05, 4.69) is 40.9 Å². The molecule has 35 heavy (non-hydrogen) atoms. The third kappa shape index (κ3) is 3.92. The summed E-state index contributed by atoms with van der Waals surface area (Å²) in [6.07, 6.45) is 10.6. The van der Waals surface area contributed by atoms with Crippen molar-refractivity contribution in [2.75, 3.05) is 31.2 Å². The molecule has 6 heteroatoms. The van der Waals surface area contributed by atoms with E-state index in [1.807, 2.05) is 24.4 Å². The molecule has 0 N–H and O–H groups in total. The molecule has 4 heterocycles. The number of aliphatic imine (C=N–C) groups is 2. The van der Waals surface area contributed by atoms with E-state index in [9.17, 15) is 0 Å². The lowest BCUT2D eigenvalue weighted by molar-refractivity contribution is 0.222. The van der Waals surface area contributed by atoms with Crippen LogP contribution in [0.25, 0.3) is 0 Å². The van der Waals surface area contributed by atoms with E-state index in [1.54, 1.807) is 11.1 Å². The van der Waals surface area contributed by atoms with Crippen molar-refractivity contribution in [1.82, 2.24) is 9.88 Å². The number of nitrogens with zero attached hydrogens (tertiary/aromatic N) is 5. The number of rotatable bonds is 4. The number of fused-ring (bicyclic) bond motifs is 2. The van der Waals surface area contributed by atoms with Crippen LogP contribution in [0.4, 0.5) is 15.9 Å². The number of benzene rings is 1. The van der Waals surface area contributed by atoms with Gasteiger partial charge in [-0.05, 0) is 87.5 Å². The molecule has 1 aromatic heterocycles. The number of likely N-dealkylation sites (tertiary alicyclic amines) is 1. The molecule has 0 atom stereocenters. The predicted molar refractivity (Wildman–Crippen MR) is 141 cm³/mol. The maximum absolute atomic E-state index is 15.3. The zero-order valence-electron chi connectivity index (χ0n) is 20.8. The van der Waals surface area contributed by atoms with Gasteiger partial charge in [0.15, 0.2) is 5.83 Å². The second-order valence-electron chi connectivity index (χ2n) is 10.5. The van der Waals surface area contributed by atoms with Crippen LogP contribution in [0.1, 0.15) is 75.0 Å². The molecule has 1 spiro atoms. The Labute approximate surface area is 207 Å². The Morgan fingerprint density at radius 1 is 1.09 bits per heavy atom. The molecule has 0 bridgehead atoms. The summed E-state index contributed by atoms with van der Waals surface area (Å²) in [6.45, 7) is 8.15. The first-order chi connectivity index (χ1) is 17.1. The minimum atomic E-state index is -0.315. The van der Waals surface area contributed by atoms with Crippen LogP contribution in [0.15, 0.2) is 58.5 Å². The number of hydrogen-bond donors (Lipinski definition) is 0. The Bertz CT molecular complexity index is 1200. The van der Waals surface area contributed by atoms with Crippen LogP contribution in [-0.4, -0.2) is 47.6 Å². The number of piperidine rings is 1. The van der Waals surface area contributed by atoms with Crippen LogP contribution in [0.3, 0.4) is 0 Å². The van der Waals surface area contributed by atoms with E-state index < -0.39 is 0 Å². The highest BCUT2D eigenvalue weighted by Gasteiger charge is 2.43. The smallest absolute Gasteiger partial charge is 0.165 e. The summed E-state index contributed by atoms with van der Waals surface area (Å²) >= 11 is 0. The first-order valence-corrected chi connectivity index (χ1v) is 13.2. The van der Waals surface area contributed by atoms with Gasteiger partial charge in [0.25, 0.3) is 0 Å². The predicted octanol–water partition coefficient (Wildman–Crippen LogP) is 6.28. The number of allylic oxidation sites excluding steroid dienone is 1. The van der Waals surface area contributed by atoms with Gasteiger partial charge in [-0.25, -0.2) is 9.37 Å². The van der Waals surface area contributed by atoms with Gasteiger partial charge in [0.1, 0.15) is 18.2 Å². The van der Waals surface area contributed by atoms with Crippen LogP contribution >= 0.6 is 0 Å². The van der Waals surface area contributed by atoms with Gasteiger partial charge >= 0.3 is 0 Å². The quantitative estimate of drug-likeness (QED) is 0.527. The minimum Gasteiger partial charge on any atom is -0.310 e. The largest absolute Gasteiger partial charge is 0.310 e. The fourth-order valence-electron chi connectivity index (χ4n) is 6.48.